The smallest absolute Gasteiger partial charge is 0.262 e. The molecule has 2 aromatic rings. The number of aliphatic hydroxyl groups is 3. The molecule has 23 heavy (non-hydrogen) atoms. The first-order chi connectivity index (χ1) is 10.8. The maximum absolute atomic E-state index is 12.0. The predicted molar refractivity (Wildman–Crippen MR) is 76.3 cm³/mol. The van der Waals surface area contributed by atoms with Crippen molar-refractivity contribution < 1.29 is 24.9 Å². The van der Waals surface area contributed by atoms with Crippen LogP contribution in [-0.4, -0.2) is 60.7 Å². The monoisotopic (exact) mass is 325 g/mol. The largest absolute Gasteiger partial charge is 0.394 e. The van der Waals surface area contributed by atoms with Gasteiger partial charge in [-0.15, -0.1) is 0 Å². The molecule has 0 bridgehead atoms. The Morgan fingerprint density at radius 3 is 2.70 bits per heavy atom. The summed E-state index contributed by atoms with van der Waals surface area (Å²) in [6, 6.07) is 0. The summed E-state index contributed by atoms with van der Waals surface area (Å²) in [5.41, 5.74) is 9.92. The van der Waals surface area contributed by atoms with E-state index in [1.165, 1.54) is 10.8 Å². The van der Waals surface area contributed by atoms with Gasteiger partial charge in [-0.25, -0.2) is 0 Å². The number of fused-ring (bicyclic) bond motifs is 1. The lowest BCUT2D eigenvalue weighted by atomic mass is 10.1. The van der Waals surface area contributed by atoms with Crippen LogP contribution in [0.4, 0.5) is 5.95 Å². The Balaban J connectivity index is 2.23. The van der Waals surface area contributed by atoms with Crippen molar-refractivity contribution in [2.45, 2.75) is 24.5 Å². The van der Waals surface area contributed by atoms with E-state index in [2.05, 4.69) is 9.97 Å². The maximum Gasteiger partial charge on any atom is 0.262 e. The molecular formula is C12H15N5O6. The molecule has 11 heteroatoms. The number of carbonyl (C=O) groups excluding carboxylic acids is 1. The second-order valence-corrected chi connectivity index (χ2v) is 5.19. The first-order valence-electron chi connectivity index (χ1n) is 6.67. The number of aromatic amines is 1. The van der Waals surface area contributed by atoms with Crippen molar-refractivity contribution in [1.82, 2.24) is 14.5 Å². The van der Waals surface area contributed by atoms with Gasteiger partial charge in [-0.3, -0.25) is 14.6 Å². The molecule has 1 fully saturated rings. The van der Waals surface area contributed by atoms with Crippen LogP contribution in [0.5, 0.6) is 0 Å². The van der Waals surface area contributed by atoms with Crippen molar-refractivity contribution in [2.24, 2.45) is 5.73 Å². The number of rotatable bonds is 3. The fourth-order valence-corrected chi connectivity index (χ4v) is 2.66. The van der Waals surface area contributed by atoms with E-state index in [0.717, 1.165) is 0 Å². The Kier molecular flexibility index (Phi) is 3.56. The molecule has 0 aromatic carbocycles. The van der Waals surface area contributed by atoms with Crippen molar-refractivity contribution >= 4 is 22.9 Å². The Morgan fingerprint density at radius 2 is 2.13 bits per heavy atom. The Labute approximate surface area is 128 Å². The minimum atomic E-state index is -1.41. The van der Waals surface area contributed by atoms with Crippen molar-refractivity contribution in [3.8, 4) is 0 Å². The molecule has 0 saturated carbocycles. The molecule has 2 aromatic heterocycles. The average Bonchev–Trinajstić information content (AvgIpc) is 2.99. The molecule has 1 aliphatic heterocycles. The van der Waals surface area contributed by atoms with E-state index in [0.29, 0.717) is 0 Å². The van der Waals surface area contributed by atoms with Gasteiger partial charge in [-0.2, -0.15) is 4.98 Å². The van der Waals surface area contributed by atoms with Crippen molar-refractivity contribution in [2.75, 3.05) is 12.3 Å². The van der Waals surface area contributed by atoms with Crippen molar-refractivity contribution in [3.05, 3.63) is 22.1 Å². The van der Waals surface area contributed by atoms with Gasteiger partial charge in [0.15, 0.2) is 11.9 Å². The van der Waals surface area contributed by atoms with Crippen LogP contribution in [0.2, 0.25) is 0 Å². The van der Waals surface area contributed by atoms with Gasteiger partial charge in [0.25, 0.3) is 11.5 Å². The summed E-state index contributed by atoms with van der Waals surface area (Å²) in [5, 5.41) is 29.0. The number of anilines is 1. The highest BCUT2D eigenvalue weighted by atomic mass is 16.6. The molecule has 3 heterocycles. The third-order valence-corrected chi connectivity index (χ3v) is 3.76. The second-order valence-electron chi connectivity index (χ2n) is 5.19. The number of nitrogens with one attached hydrogen (secondary N) is 1. The van der Waals surface area contributed by atoms with Gasteiger partial charge in [0.05, 0.1) is 17.6 Å². The fraction of sp³-hybridized carbons (Fsp3) is 0.417. The van der Waals surface area contributed by atoms with Crippen molar-refractivity contribution in [1.29, 1.82) is 0 Å². The molecular weight excluding hydrogens is 310 g/mol. The van der Waals surface area contributed by atoms with E-state index >= 15 is 0 Å². The topological polar surface area (TPSA) is 190 Å². The Hall–Kier alpha value is -2.47. The van der Waals surface area contributed by atoms with Crippen LogP contribution in [0.3, 0.4) is 0 Å². The highest BCUT2D eigenvalue weighted by Crippen LogP contribution is 2.32. The van der Waals surface area contributed by atoms with Gasteiger partial charge in [0.1, 0.15) is 18.3 Å². The molecule has 3 rings (SSSR count). The molecule has 11 nitrogen and oxygen atoms in total. The fourth-order valence-electron chi connectivity index (χ4n) is 2.66. The minimum absolute atomic E-state index is 0.0325. The van der Waals surface area contributed by atoms with Crippen LogP contribution in [0.15, 0.2) is 11.0 Å². The van der Waals surface area contributed by atoms with Gasteiger partial charge >= 0.3 is 0 Å². The summed E-state index contributed by atoms with van der Waals surface area (Å²) in [7, 11) is 0. The SMILES string of the molecule is NC(=O)c1cn([C@@H]2O[C@H](CO)C(O)C2O)c2nc(N)[nH]c(=O)c12. The molecule has 2 unspecified atom stereocenters. The molecule has 4 atom stereocenters. The molecule has 1 aliphatic rings. The lowest BCUT2D eigenvalue weighted by Crippen LogP contribution is -2.33. The van der Waals surface area contributed by atoms with Crippen LogP contribution in [-0.2, 0) is 4.74 Å². The standard InChI is InChI=1S/C12H15N5O6/c13-8(21)3-1-17(9-5(3)10(22)16-12(14)15-9)11-7(20)6(19)4(2-18)23-11/h1,4,6-7,11,18-20H,2H2,(H2,13,21)(H3,14,15,16,22)/t4-,6?,7?,11-/m1/s1. The third-order valence-electron chi connectivity index (χ3n) is 3.76. The van der Waals surface area contributed by atoms with Crippen LogP contribution >= 0.6 is 0 Å². The van der Waals surface area contributed by atoms with Gasteiger partial charge in [0, 0.05) is 6.20 Å². The number of nitrogens with two attached hydrogens (primary N) is 2. The highest BCUT2D eigenvalue weighted by Gasteiger charge is 2.44. The number of amides is 1. The van der Waals surface area contributed by atoms with E-state index in [4.69, 9.17) is 21.3 Å². The Bertz CT molecular complexity index is 829. The van der Waals surface area contributed by atoms with E-state index in [1.807, 2.05) is 0 Å². The van der Waals surface area contributed by atoms with Crippen molar-refractivity contribution in [3.63, 3.8) is 0 Å². The molecule has 1 amide bonds. The normalized spacial score (nSPS) is 27.6. The van der Waals surface area contributed by atoms with E-state index in [1.54, 1.807) is 0 Å². The number of H-pyrrole nitrogens is 1. The number of nitrogen functional groups attached to an aromatic ring is 1. The van der Waals surface area contributed by atoms with Gasteiger partial charge in [0.2, 0.25) is 5.95 Å². The summed E-state index contributed by atoms with van der Waals surface area (Å²) < 4.78 is 6.55. The van der Waals surface area contributed by atoms with Gasteiger partial charge in [-0.1, -0.05) is 0 Å². The number of hydrogen-bond acceptors (Lipinski definition) is 8. The summed E-state index contributed by atoms with van der Waals surface area (Å²) in [6.07, 6.45) is -3.77. The summed E-state index contributed by atoms with van der Waals surface area (Å²) in [5.74, 6) is -1.08. The summed E-state index contributed by atoms with van der Waals surface area (Å²) >= 11 is 0. The van der Waals surface area contributed by atoms with Gasteiger partial charge < -0.3 is 36.1 Å². The number of aromatic nitrogens is 3. The Morgan fingerprint density at radius 1 is 1.43 bits per heavy atom. The number of aliphatic hydroxyl groups excluding tert-OH is 3. The summed E-state index contributed by atoms with van der Waals surface area (Å²) in [6.45, 7) is -0.521. The quantitative estimate of drug-likeness (QED) is 0.344. The number of hydrogen-bond donors (Lipinski definition) is 6. The number of carbonyl (C=O) groups is 1. The molecule has 0 radical (unpaired) electrons. The molecule has 0 spiro atoms. The lowest BCUT2D eigenvalue weighted by molar-refractivity contribution is -0.0508. The second kappa shape index (κ2) is 5.31. The minimum Gasteiger partial charge on any atom is -0.394 e. The number of ether oxygens (including phenoxy) is 1. The van der Waals surface area contributed by atoms with E-state index in [-0.39, 0.29) is 22.5 Å². The molecule has 1 saturated heterocycles. The number of nitrogens with zero attached hydrogens (tertiary/aromatic N) is 2. The molecule has 124 valence electrons. The van der Waals surface area contributed by atoms with E-state index < -0.39 is 42.6 Å². The van der Waals surface area contributed by atoms with E-state index in [9.17, 15) is 19.8 Å². The first kappa shape index (κ1) is 15.4. The molecule has 0 aliphatic carbocycles. The highest BCUT2D eigenvalue weighted by molar-refractivity contribution is 6.05. The third kappa shape index (κ3) is 2.26. The predicted octanol–water partition coefficient (Wildman–Crippen LogP) is -2.98. The molecule has 8 N–H and O–H groups in total. The maximum atomic E-state index is 12.0. The van der Waals surface area contributed by atoms with Crippen LogP contribution in [0, 0.1) is 0 Å². The zero-order valence-corrected chi connectivity index (χ0v) is 11.7. The zero-order chi connectivity index (χ0) is 16.9. The number of primary amides is 1. The zero-order valence-electron chi connectivity index (χ0n) is 11.7. The lowest BCUT2D eigenvalue weighted by Gasteiger charge is -2.17. The van der Waals surface area contributed by atoms with Crippen LogP contribution in [0.25, 0.3) is 11.0 Å². The van der Waals surface area contributed by atoms with Crippen LogP contribution < -0.4 is 17.0 Å². The van der Waals surface area contributed by atoms with Gasteiger partial charge in [-0.05, 0) is 0 Å². The van der Waals surface area contributed by atoms with Crippen LogP contribution in [0.1, 0.15) is 16.6 Å². The first-order valence-corrected chi connectivity index (χ1v) is 6.67. The average molecular weight is 325 g/mol. The summed E-state index contributed by atoms with van der Waals surface area (Å²) in [4.78, 5) is 29.8.